The number of nitrogens with two attached hydrogens (primary N) is 1. The number of benzene rings is 1. The summed E-state index contributed by atoms with van der Waals surface area (Å²) in [7, 11) is 0. The largest absolute Gasteiger partial charge is 0.382 e. The summed E-state index contributed by atoms with van der Waals surface area (Å²) in [6, 6.07) is 12.7. The maximum Gasteiger partial charge on any atom is 0.153 e. The smallest absolute Gasteiger partial charge is 0.153 e. The number of H-pyrrole nitrogens is 1. The summed E-state index contributed by atoms with van der Waals surface area (Å²) in [4.78, 5) is 4.18. The highest BCUT2D eigenvalue weighted by molar-refractivity contribution is 5.88. The predicted octanol–water partition coefficient (Wildman–Crippen LogP) is 3.96. The summed E-state index contributed by atoms with van der Waals surface area (Å²) < 4.78 is 13.9. The Bertz CT molecular complexity index is 1110. The van der Waals surface area contributed by atoms with Crippen molar-refractivity contribution in [1.82, 2.24) is 25.4 Å². The molecule has 0 amide bonds. The summed E-state index contributed by atoms with van der Waals surface area (Å²) in [5.41, 5.74) is 7.84. The Balaban J connectivity index is 0.000000159. The Labute approximate surface area is 167 Å². The van der Waals surface area contributed by atoms with Gasteiger partial charge in [0.25, 0.3) is 0 Å². The summed E-state index contributed by atoms with van der Waals surface area (Å²) >= 11 is 0. The van der Waals surface area contributed by atoms with Crippen molar-refractivity contribution >= 4 is 22.5 Å². The zero-order valence-corrected chi connectivity index (χ0v) is 16.1. The SMILES string of the molecule is Cc1ccc2[nH]nc(N)c2c1.Fc1cccnc1C1(Nc2cccnn2)CCC1. The van der Waals surface area contributed by atoms with Gasteiger partial charge in [0.15, 0.2) is 5.82 Å². The molecule has 1 aliphatic carbocycles. The molecule has 1 aromatic carbocycles. The second kappa shape index (κ2) is 7.83. The second-order valence-corrected chi connectivity index (χ2v) is 7.16. The minimum Gasteiger partial charge on any atom is -0.382 e. The van der Waals surface area contributed by atoms with Crippen LogP contribution in [-0.2, 0) is 5.54 Å². The van der Waals surface area contributed by atoms with Crippen LogP contribution in [0.1, 0.15) is 30.5 Å². The number of halogens is 1. The number of fused-ring (bicyclic) bond motifs is 1. The number of hydrogen-bond acceptors (Lipinski definition) is 6. The first-order chi connectivity index (χ1) is 14.1. The number of nitrogens with zero attached hydrogens (tertiary/aromatic N) is 4. The molecule has 0 radical (unpaired) electrons. The number of anilines is 2. The maximum absolute atomic E-state index is 13.9. The first-order valence-electron chi connectivity index (χ1n) is 9.44. The van der Waals surface area contributed by atoms with Crippen LogP contribution >= 0.6 is 0 Å². The number of nitrogens with one attached hydrogen (secondary N) is 2. The van der Waals surface area contributed by atoms with Crippen molar-refractivity contribution in [2.24, 2.45) is 0 Å². The van der Waals surface area contributed by atoms with Crippen molar-refractivity contribution in [3.63, 3.8) is 0 Å². The Morgan fingerprint density at radius 3 is 2.66 bits per heavy atom. The average molecular weight is 391 g/mol. The van der Waals surface area contributed by atoms with Crippen LogP contribution in [0.15, 0.2) is 54.9 Å². The zero-order valence-electron chi connectivity index (χ0n) is 16.1. The lowest BCUT2D eigenvalue weighted by Gasteiger charge is -2.42. The highest BCUT2D eigenvalue weighted by Crippen LogP contribution is 2.43. The van der Waals surface area contributed by atoms with Crippen molar-refractivity contribution < 1.29 is 4.39 Å². The summed E-state index contributed by atoms with van der Waals surface area (Å²) in [6.07, 6.45) is 6.01. The molecule has 3 heterocycles. The fourth-order valence-corrected chi connectivity index (χ4v) is 3.45. The Kier molecular flexibility index (Phi) is 5.07. The van der Waals surface area contributed by atoms with Gasteiger partial charge in [0.2, 0.25) is 0 Å². The van der Waals surface area contributed by atoms with Gasteiger partial charge in [0, 0.05) is 17.8 Å². The van der Waals surface area contributed by atoms with Crippen LogP contribution in [0.25, 0.3) is 10.9 Å². The summed E-state index contributed by atoms with van der Waals surface area (Å²) in [6.45, 7) is 2.03. The van der Waals surface area contributed by atoms with Crippen LogP contribution in [0.3, 0.4) is 0 Å². The minimum atomic E-state index is -0.429. The lowest BCUT2D eigenvalue weighted by molar-refractivity contribution is 0.265. The van der Waals surface area contributed by atoms with E-state index in [2.05, 4.69) is 30.7 Å². The van der Waals surface area contributed by atoms with E-state index in [0.29, 0.717) is 17.3 Å². The van der Waals surface area contributed by atoms with Crippen molar-refractivity contribution in [3.8, 4) is 0 Å². The van der Waals surface area contributed by atoms with E-state index in [4.69, 9.17) is 5.73 Å². The fourth-order valence-electron chi connectivity index (χ4n) is 3.45. The Morgan fingerprint density at radius 1 is 1.14 bits per heavy atom. The number of aryl methyl sites for hydroxylation is 1. The van der Waals surface area contributed by atoms with E-state index >= 15 is 0 Å². The van der Waals surface area contributed by atoms with E-state index in [0.717, 1.165) is 30.2 Å². The standard InChI is InChI=1S/C13H13FN4.C8H9N3/c14-10-4-1-8-15-12(10)13(6-3-7-13)17-11-5-2-9-16-18-11;1-5-2-3-7-6(4-5)8(9)11-10-7/h1-2,4-5,8-9H,3,6-7H2,(H,17,18);2-4H,1H3,(H3,9,10,11). The lowest BCUT2D eigenvalue weighted by atomic mass is 9.74. The van der Waals surface area contributed by atoms with Crippen molar-refractivity contribution in [2.75, 3.05) is 11.1 Å². The molecule has 4 aromatic rings. The van der Waals surface area contributed by atoms with E-state index in [1.165, 1.54) is 11.6 Å². The van der Waals surface area contributed by atoms with Gasteiger partial charge in [0.1, 0.15) is 17.3 Å². The second-order valence-electron chi connectivity index (χ2n) is 7.16. The molecule has 0 aliphatic heterocycles. The molecule has 0 saturated heterocycles. The normalized spacial score (nSPS) is 14.6. The molecule has 3 aromatic heterocycles. The highest BCUT2D eigenvalue weighted by Gasteiger charge is 2.42. The molecule has 8 heteroatoms. The third-order valence-electron chi connectivity index (χ3n) is 5.11. The number of nitrogen functional groups attached to an aromatic ring is 1. The van der Waals surface area contributed by atoms with E-state index in [1.54, 1.807) is 24.5 Å². The number of aromatic nitrogens is 5. The van der Waals surface area contributed by atoms with Gasteiger partial charge >= 0.3 is 0 Å². The third-order valence-corrected chi connectivity index (χ3v) is 5.11. The zero-order chi connectivity index (χ0) is 20.3. The van der Waals surface area contributed by atoms with Gasteiger partial charge in [-0.1, -0.05) is 11.6 Å². The molecule has 4 N–H and O–H groups in total. The summed E-state index contributed by atoms with van der Waals surface area (Å²) in [5, 5.41) is 18.8. The van der Waals surface area contributed by atoms with Gasteiger partial charge in [0.05, 0.1) is 11.1 Å². The molecule has 0 atom stereocenters. The molecule has 0 spiro atoms. The van der Waals surface area contributed by atoms with Crippen molar-refractivity contribution in [3.05, 3.63) is 71.9 Å². The van der Waals surface area contributed by atoms with Crippen LogP contribution < -0.4 is 11.1 Å². The number of pyridine rings is 1. The van der Waals surface area contributed by atoms with Crippen LogP contribution in [0.5, 0.6) is 0 Å². The first-order valence-corrected chi connectivity index (χ1v) is 9.44. The van der Waals surface area contributed by atoms with Crippen LogP contribution in [-0.4, -0.2) is 25.4 Å². The molecule has 7 nitrogen and oxygen atoms in total. The summed E-state index contributed by atoms with van der Waals surface area (Å²) in [5.74, 6) is 0.958. The van der Waals surface area contributed by atoms with Crippen molar-refractivity contribution in [1.29, 1.82) is 0 Å². The number of hydrogen-bond donors (Lipinski definition) is 3. The van der Waals surface area contributed by atoms with Gasteiger partial charge < -0.3 is 11.1 Å². The molecule has 5 rings (SSSR count). The van der Waals surface area contributed by atoms with Gasteiger partial charge in [-0.25, -0.2) is 4.39 Å². The van der Waals surface area contributed by atoms with Crippen molar-refractivity contribution in [2.45, 2.75) is 31.7 Å². The third kappa shape index (κ3) is 3.87. The van der Waals surface area contributed by atoms with Crippen LogP contribution in [0.2, 0.25) is 0 Å². The van der Waals surface area contributed by atoms with Crippen LogP contribution in [0, 0.1) is 12.7 Å². The molecule has 148 valence electrons. The molecule has 1 saturated carbocycles. The molecular formula is C21H22FN7. The molecule has 1 aliphatic rings. The molecule has 1 fully saturated rings. The van der Waals surface area contributed by atoms with Gasteiger partial charge in [-0.2, -0.15) is 10.2 Å². The van der Waals surface area contributed by atoms with E-state index in [-0.39, 0.29) is 5.82 Å². The fraction of sp³-hybridized carbons (Fsp3) is 0.238. The van der Waals surface area contributed by atoms with Gasteiger partial charge in [-0.15, -0.1) is 5.10 Å². The Morgan fingerprint density at radius 2 is 1.97 bits per heavy atom. The monoisotopic (exact) mass is 391 g/mol. The predicted molar refractivity (Wildman–Crippen MR) is 111 cm³/mol. The minimum absolute atomic E-state index is 0.270. The van der Waals surface area contributed by atoms with E-state index < -0.39 is 5.54 Å². The molecule has 0 unspecified atom stereocenters. The van der Waals surface area contributed by atoms with E-state index in [9.17, 15) is 4.39 Å². The highest BCUT2D eigenvalue weighted by atomic mass is 19.1. The first kappa shape index (κ1) is 18.8. The maximum atomic E-state index is 13.9. The molecule has 29 heavy (non-hydrogen) atoms. The lowest BCUT2D eigenvalue weighted by Crippen LogP contribution is -2.43. The van der Waals surface area contributed by atoms with Gasteiger partial charge in [-0.3, -0.25) is 10.1 Å². The number of aromatic amines is 1. The Hall–Kier alpha value is -3.55. The topological polar surface area (TPSA) is 105 Å². The number of rotatable bonds is 3. The molecule has 0 bridgehead atoms. The molecular weight excluding hydrogens is 369 g/mol. The average Bonchev–Trinajstić information content (AvgIpc) is 3.07. The van der Waals surface area contributed by atoms with E-state index in [1.807, 2.05) is 31.2 Å². The van der Waals surface area contributed by atoms with Crippen LogP contribution in [0.4, 0.5) is 16.0 Å². The van der Waals surface area contributed by atoms with Gasteiger partial charge in [-0.05, 0) is 62.6 Å². The quantitative estimate of drug-likeness (QED) is 0.488.